The zero-order chi connectivity index (χ0) is 19.0. The molecule has 0 saturated carbocycles. The molecular weight excluding hydrogens is 359 g/mol. The topological polar surface area (TPSA) is 31.6 Å². The first-order chi connectivity index (χ1) is 12.8. The Hall–Kier alpha value is -2.01. The minimum atomic E-state index is -0.470. The van der Waals surface area contributed by atoms with Crippen LogP contribution in [-0.4, -0.2) is 18.3 Å². The summed E-state index contributed by atoms with van der Waals surface area (Å²) in [6.07, 6.45) is 0. The molecule has 0 radical (unpaired) electrons. The van der Waals surface area contributed by atoms with Gasteiger partial charge in [-0.05, 0) is 44.6 Å². The number of rotatable bonds is 1. The van der Waals surface area contributed by atoms with E-state index in [0.717, 1.165) is 32.6 Å². The Labute approximate surface area is 163 Å². The molecule has 0 N–H and O–H groups in total. The Bertz CT molecular complexity index is 1190. The smallest absolute Gasteiger partial charge is 0.454 e. The fraction of sp³-hybridized carbons (Fsp3) is 0.273. The lowest BCUT2D eigenvalue weighted by molar-refractivity contribution is 0.00578. The zero-order valence-corrected chi connectivity index (χ0v) is 16.6. The van der Waals surface area contributed by atoms with Crippen LogP contribution in [0.4, 0.5) is 0 Å². The molecule has 0 atom stereocenters. The summed E-state index contributed by atoms with van der Waals surface area (Å²) < 4.78 is 19.0. The van der Waals surface area contributed by atoms with Crippen LogP contribution in [0, 0.1) is 0 Å². The van der Waals surface area contributed by atoms with Crippen LogP contribution >= 0.6 is 11.6 Å². The van der Waals surface area contributed by atoms with E-state index in [-0.39, 0.29) is 0 Å². The molecule has 0 aliphatic carbocycles. The molecule has 0 unspecified atom stereocenters. The molecule has 1 saturated heterocycles. The predicted molar refractivity (Wildman–Crippen MR) is 112 cm³/mol. The van der Waals surface area contributed by atoms with Gasteiger partial charge in [0.15, 0.2) is 5.58 Å². The van der Waals surface area contributed by atoms with E-state index in [0.29, 0.717) is 10.6 Å². The summed E-state index contributed by atoms with van der Waals surface area (Å²) in [6, 6.07) is 16.2. The van der Waals surface area contributed by atoms with E-state index >= 15 is 0 Å². The van der Waals surface area contributed by atoms with E-state index in [4.69, 9.17) is 25.3 Å². The molecule has 0 spiro atoms. The fourth-order valence-corrected chi connectivity index (χ4v) is 4.00. The Morgan fingerprint density at radius 1 is 0.815 bits per heavy atom. The van der Waals surface area contributed by atoms with Gasteiger partial charge in [-0.2, -0.15) is 0 Å². The average Bonchev–Trinajstić information content (AvgIpc) is 3.10. The van der Waals surface area contributed by atoms with Crippen LogP contribution in [0.15, 0.2) is 52.9 Å². The second-order valence-electron chi connectivity index (χ2n) is 8.20. The summed E-state index contributed by atoms with van der Waals surface area (Å²) in [4.78, 5) is 0. The van der Waals surface area contributed by atoms with E-state index < -0.39 is 18.3 Å². The van der Waals surface area contributed by atoms with Gasteiger partial charge >= 0.3 is 7.12 Å². The van der Waals surface area contributed by atoms with Gasteiger partial charge in [0.05, 0.1) is 16.2 Å². The monoisotopic (exact) mass is 378 g/mol. The van der Waals surface area contributed by atoms with Gasteiger partial charge in [-0.1, -0.05) is 54.1 Å². The van der Waals surface area contributed by atoms with Crippen molar-refractivity contribution in [2.45, 2.75) is 38.9 Å². The first-order valence-corrected chi connectivity index (χ1v) is 9.54. The molecule has 1 aliphatic rings. The Balaban J connectivity index is 1.88. The molecule has 2 heterocycles. The summed E-state index contributed by atoms with van der Waals surface area (Å²) in [5.41, 5.74) is 1.67. The number of hydrogen-bond donors (Lipinski definition) is 0. The number of para-hydroxylation sites is 1. The normalized spacial score (nSPS) is 18.8. The third-order valence-corrected chi connectivity index (χ3v) is 6.28. The molecule has 1 fully saturated rings. The van der Waals surface area contributed by atoms with Gasteiger partial charge in [-0.3, -0.25) is 0 Å². The Morgan fingerprint density at radius 3 is 2.22 bits per heavy atom. The number of hydrogen-bond acceptors (Lipinski definition) is 3. The van der Waals surface area contributed by atoms with Crippen LogP contribution in [-0.2, 0) is 9.31 Å². The summed E-state index contributed by atoms with van der Waals surface area (Å²) in [5.74, 6) is 0. The lowest BCUT2D eigenvalue weighted by Gasteiger charge is -2.32. The molecule has 3 aromatic carbocycles. The van der Waals surface area contributed by atoms with Crippen LogP contribution in [0.5, 0.6) is 0 Å². The number of benzene rings is 3. The largest absolute Gasteiger partial charge is 0.495 e. The molecule has 5 heteroatoms. The van der Waals surface area contributed by atoms with Gasteiger partial charge < -0.3 is 13.7 Å². The van der Waals surface area contributed by atoms with E-state index in [9.17, 15) is 0 Å². The predicted octanol–water partition coefficient (Wildman–Crippen LogP) is 5.69. The summed E-state index contributed by atoms with van der Waals surface area (Å²) in [7, 11) is -0.470. The second kappa shape index (κ2) is 5.51. The third kappa shape index (κ3) is 2.37. The van der Waals surface area contributed by atoms with Crippen LogP contribution < -0.4 is 5.46 Å². The number of halogens is 1. The molecule has 4 aromatic rings. The van der Waals surface area contributed by atoms with E-state index in [2.05, 4.69) is 45.9 Å². The van der Waals surface area contributed by atoms with Gasteiger partial charge in [0.1, 0.15) is 5.58 Å². The first-order valence-electron chi connectivity index (χ1n) is 9.16. The van der Waals surface area contributed by atoms with Crippen molar-refractivity contribution >= 4 is 56.9 Å². The maximum absolute atomic E-state index is 6.43. The molecule has 1 aliphatic heterocycles. The highest BCUT2D eigenvalue weighted by atomic mass is 35.5. The van der Waals surface area contributed by atoms with Crippen molar-refractivity contribution in [3.8, 4) is 0 Å². The van der Waals surface area contributed by atoms with E-state index in [1.807, 2.05) is 30.3 Å². The highest BCUT2D eigenvalue weighted by molar-refractivity contribution is 6.66. The molecule has 0 amide bonds. The van der Waals surface area contributed by atoms with Crippen molar-refractivity contribution in [1.82, 2.24) is 0 Å². The van der Waals surface area contributed by atoms with Crippen LogP contribution in [0.25, 0.3) is 32.7 Å². The van der Waals surface area contributed by atoms with Gasteiger partial charge in [0.25, 0.3) is 0 Å². The highest BCUT2D eigenvalue weighted by Crippen LogP contribution is 2.40. The maximum Gasteiger partial charge on any atom is 0.495 e. The second-order valence-corrected chi connectivity index (χ2v) is 8.61. The minimum Gasteiger partial charge on any atom is -0.454 e. The molecule has 5 rings (SSSR count). The standard InChI is InChI=1S/C22H20BClO3/c1-21(2)22(3,4)27-23(26-21)16-12-13-8-5-6-9-14(13)20-18(16)15-10-7-11-17(24)19(15)25-20/h5-12H,1-4H3. The minimum absolute atomic E-state index is 0.410. The van der Waals surface area contributed by atoms with E-state index in [1.165, 1.54) is 0 Å². The van der Waals surface area contributed by atoms with Crippen LogP contribution in [0.2, 0.25) is 5.02 Å². The lowest BCUT2D eigenvalue weighted by atomic mass is 9.75. The summed E-state index contributed by atoms with van der Waals surface area (Å²) in [6.45, 7) is 8.26. The SMILES string of the molecule is CC1(C)OB(c2cc3ccccc3c3oc4c(Cl)cccc4c23)OC1(C)C. The van der Waals surface area contributed by atoms with Crippen LogP contribution in [0.3, 0.4) is 0 Å². The van der Waals surface area contributed by atoms with Crippen molar-refractivity contribution < 1.29 is 13.7 Å². The van der Waals surface area contributed by atoms with Crippen molar-refractivity contribution in [1.29, 1.82) is 0 Å². The van der Waals surface area contributed by atoms with Crippen LogP contribution in [0.1, 0.15) is 27.7 Å². The number of furan rings is 1. The maximum atomic E-state index is 6.43. The molecule has 0 bridgehead atoms. The van der Waals surface area contributed by atoms with Crippen molar-refractivity contribution in [2.24, 2.45) is 0 Å². The fourth-order valence-electron chi connectivity index (χ4n) is 3.79. The highest BCUT2D eigenvalue weighted by Gasteiger charge is 2.52. The van der Waals surface area contributed by atoms with Crippen molar-refractivity contribution in [3.05, 3.63) is 53.6 Å². The van der Waals surface area contributed by atoms with Crippen molar-refractivity contribution in [2.75, 3.05) is 0 Å². The van der Waals surface area contributed by atoms with Gasteiger partial charge in [0, 0.05) is 16.2 Å². The molecule has 3 nitrogen and oxygen atoms in total. The summed E-state index contributed by atoms with van der Waals surface area (Å²) >= 11 is 6.43. The van der Waals surface area contributed by atoms with Crippen molar-refractivity contribution in [3.63, 3.8) is 0 Å². The lowest BCUT2D eigenvalue weighted by Crippen LogP contribution is -2.41. The Kier molecular flexibility index (Phi) is 3.49. The van der Waals surface area contributed by atoms with Gasteiger partial charge in [-0.15, -0.1) is 0 Å². The molecular formula is C22H20BClO3. The number of fused-ring (bicyclic) bond motifs is 5. The first kappa shape index (κ1) is 17.1. The zero-order valence-electron chi connectivity index (χ0n) is 15.8. The van der Waals surface area contributed by atoms with Gasteiger partial charge in [-0.25, -0.2) is 0 Å². The van der Waals surface area contributed by atoms with E-state index in [1.54, 1.807) is 0 Å². The third-order valence-electron chi connectivity index (χ3n) is 5.98. The summed E-state index contributed by atoms with van der Waals surface area (Å²) in [5, 5.41) is 4.73. The quantitative estimate of drug-likeness (QED) is 0.399. The average molecular weight is 379 g/mol. The molecule has 1 aromatic heterocycles. The molecule has 136 valence electrons. The molecule has 27 heavy (non-hydrogen) atoms. The van der Waals surface area contributed by atoms with Gasteiger partial charge in [0.2, 0.25) is 0 Å². The Morgan fingerprint density at radius 2 is 1.48 bits per heavy atom.